The van der Waals surface area contributed by atoms with Crippen LogP contribution in [0.1, 0.15) is 24.5 Å². The number of nitrogens with one attached hydrogen (secondary N) is 1. The van der Waals surface area contributed by atoms with E-state index in [9.17, 15) is 9.18 Å². The van der Waals surface area contributed by atoms with Gasteiger partial charge in [-0.15, -0.1) is 0 Å². The van der Waals surface area contributed by atoms with Crippen molar-refractivity contribution in [1.29, 1.82) is 0 Å². The van der Waals surface area contributed by atoms with Crippen LogP contribution in [0.15, 0.2) is 12.1 Å². The molecule has 7 nitrogen and oxygen atoms in total. The Kier molecular flexibility index (Phi) is 2.35. The summed E-state index contributed by atoms with van der Waals surface area (Å²) in [5, 5.41) is 15.6. The van der Waals surface area contributed by atoms with E-state index in [2.05, 4.69) is 15.4 Å². The lowest BCUT2D eigenvalue weighted by molar-refractivity contribution is 0.209. The molecule has 2 heterocycles. The third-order valence-corrected chi connectivity index (χ3v) is 4.35. The van der Waals surface area contributed by atoms with E-state index in [0.717, 1.165) is 18.7 Å². The van der Waals surface area contributed by atoms with Crippen molar-refractivity contribution < 1.29 is 14.3 Å². The van der Waals surface area contributed by atoms with Gasteiger partial charge in [0, 0.05) is 13.1 Å². The summed E-state index contributed by atoms with van der Waals surface area (Å²) in [4.78, 5) is 17.5. The molecule has 0 radical (unpaired) electrons. The molecule has 1 aromatic carbocycles. The van der Waals surface area contributed by atoms with E-state index in [4.69, 9.17) is 5.11 Å². The van der Waals surface area contributed by atoms with E-state index < -0.39 is 11.9 Å². The zero-order valence-corrected chi connectivity index (χ0v) is 12.1. The van der Waals surface area contributed by atoms with Gasteiger partial charge < -0.3 is 10.0 Å². The average molecular weight is 303 g/mol. The van der Waals surface area contributed by atoms with Crippen molar-refractivity contribution in [2.24, 2.45) is 0 Å². The number of anilines is 2. The molecule has 22 heavy (non-hydrogen) atoms. The van der Waals surface area contributed by atoms with Gasteiger partial charge in [-0.1, -0.05) is 0 Å². The zero-order valence-electron chi connectivity index (χ0n) is 12.1. The minimum absolute atomic E-state index is 0.218. The summed E-state index contributed by atoms with van der Waals surface area (Å²) in [7, 11) is 1.88. The number of carbonyl (C=O) groups is 1. The Balaban J connectivity index is 2.02. The molecule has 4 rings (SSSR count). The van der Waals surface area contributed by atoms with Gasteiger partial charge >= 0.3 is 6.09 Å². The molecule has 1 saturated carbocycles. The second-order valence-electron chi connectivity index (χ2n) is 5.74. The zero-order chi connectivity index (χ0) is 15.6. The molecular weight excluding hydrogens is 289 g/mol. The summed E-state index contributed by atoms with van der Waals surface area (Å²) in [5.74, 6) is 0.869. The lowest BCUT2D eigenvalue weighted by atomic mass is 10.1. The molecule has 1 fully saturated rings. The van der Waals surface area contributed by atoms with Crippen molar-refractivity contribution in [3.8, 4) is 5.69 Å². The minimum atomic E-state index is -1.23. The SMILES string of the molecule is Cc1nc2n(n1)-c1cc(F)cc(NC(=O)O)c1N(C)C21CC1. The van der Waals surface area contributed by atoms with Crippen LogP contribution in [0.25, 0.3) is 5.69 Å². The van der Waals surface area contributed by atoms with Crippen LogP contribution in [-0.4, -0.2) is 33.0 Å². The Morgan fingerprint density at radius 2 is 2.18 bits per heavy atom. The standard InChI is InChI=1S/C14H14FN5O2/c1-7-16-12-14(3-4-14)19(2)11-9(17-13(21)22)5-8(15)6-10(11)20(12)18-7/h5-6,17H,3-4H2,1-2H3,(H,21,22). The Morgan fingerprint density at radius 1 is 1.45 bits per heavy atom. The van der Waals surface area contributed by atoms with E-state index in [1.807, 2.05) is 11.9 Å². The van der Waals surface area contributed by atoms with Gasteiger partial charge in [0.15, 0.2) is 5.82 Å². The molecule has 0 saturated heterocycles. The molecule has 2 N–H and O–H groups in total. The lowest BCUT2D eigenvalue weighted by Crippen LogP contribution is -2.39. The van der Waals surface area contributed by atoms with Gasteiger partial charge in [-0.3, -0.25) is 5.32 Å². The predicted molar refractivity (Wildman–Crippen MR) is 77.0 cm³/mol. The lowest BCUT2D eigenvalue weighted by Gasteiger charge is -2.37. The summed E-state index contributed by atoms with van der Waals surface area (Å²) >= 11 is 0. The molecular formula is C14H14FN5O2. The van der Waals surface area contributed by atoms with Crippen molar-refractivity contribution in [2.75, 3.05) is 17.3 Å². The number of nitrogens with zero attached hydrogens (tertiary/aromatic N) is 4. The number of hydrogen-bond donors (Lipinski definition) is 2. The number of hydrogen-bond acceptors (Lipinski definition) is 4. The summed E-state index contributed by atoms with van der Waals surface area (Å²) < 4.78 is 15.6. The van der Waals surface area contributed by atoms with Crippen LogP contribution in [0.5, 0.6) is 0 Å². The van der Waals surface area contributed by atoms with E-state index in [1.165, 1.54) is 12.1 Å². The number of amides is 1. The van der Waals surface area contributed by atoms with Gasteiger partial charge in [-0.05, 0) is 25.8 Å². The normalized spacial score (nSPS) is 17.1. The molecule has 1 amide bonds. The first-order valence-electron chi connectivity index (χ1n) is 6.94. The number of fused-ring (bicyclic) bond motifs is 4. The van der Waals surface area contributed by atoms with Crippen LogP contribution in [-0.2, 0) is 5.54 Å². The number of rotatable bonds is 1. The van der Waals surface area contributed by atoms with Gasteiger partial charge in [0.25, 0.3) is 0 Å². The van der Waals surface area contributed by atoms with Crippen molar-refractivity contribution in [1.82, 2.24) is 14.8 Å². The largest absolute Gasteiger partial charge is 0.465 e. The van der Waals surface area contributed by atoms with E-state index in [0.29, 0.717) is 17.2 Å². The smallest absolute Gasteiger partial charge is 0.409 e. The quantitative estimate of drug-likeness (QED) is 0.844. The van der Waals surface area contributed by atoms with Crippen molar-refractivity contribution in [3.05, 3.63) is 29.6 Å². The molecule has 0 unspecified atom stereocenters. The minimum Gasteiger partial charge on any atom is -0.465 e. The molecule has 2 aromatic rings. The van der Waals surface area contributed by atoms with Gasteiger partial charge in [-0.25, -0.2) is 18.9 Å². The number of halogens is 1. The maximum atomic E-state index is 13.9. The van der Waals surface area contributed by atoms with Crippen molar-refractivity contribution >= 4 is 17.5 Å². The summed E-state index contributed by atoms with van der Waals surface area (Å²) in [6.07, 6.45) is 0.585. The molecule has 1 aliphatic heterocycles. The first kappa shape index (κ1) is 13.1. The average Bonchev–Trinajstić information content (AvgIpc) is 3.12. The third-order valence-electron chi connectivity index (χ3n) is 4.35. The molecule has 2 aliphatic rings. The monoisotopic (exact) mass is 303 g/mol. The van der Waals surface area contributed by atoms with Gasteiger partial charge in [0.05, 0.1) is 17.1 Å². The molecule has 1 aromatic heterocycles. The predicted octanol–water partition coefficient (Wildman–Crippen LogP) is 2.24. The summed E-state index contributed by atoms with van der Waals surface area (Å²) in [6.45, 7) is 1.79. The van der Waals surface area contributed by atoms with E-state index >= 15 is 0 Å². The molecule has 1 aliphatic carbocycles. The topological polar surface area (TPSA) is 83.3 Å². The van der Waals surface area contributed by atoms with Crippen LogP contribution in [0.4, 0.5) is 20.6 Å². The number of aryl methyl sites for hydroxylation is 1. The second kappa shape index (κ2) is 3.96. The Hall–Kier alpha value is -2.64. The number of benzene rings is 1. The Bertz CT molecular complexity index is 812. The maximum absolute atomic E-state index is 13.9. The van der Waals surface area contributed by atoms with Crippen LogP contribution in [0.3, 0.4) is 0 Å². The van der Waals surface area contributed by atoms with Crippen LogP contribution in [0, 0.1) is 12.7 Å². The number of aromatic nitrogens is 3. The van der Waals surface area contributed by atoms with Crippen molar-refractivity contribution in [3.63, 3.8) is 0 Å². The second-order valence-corrected chi connectivity index (χ2v) is 5.74. The highest BCUT2D eigenvalue weighted by molar-refractivity contribution is 5.92. The Morgan fingerprint density at radius 3 is 2.82 bits per heavy atom. The van der Waals surface area contributed by atoms with E-state index in [-0.39, 0.29) is 11.2 Å². The van der Waals surface area contributed by atoms with Gasteiger partial charge in [0.2, 0.25) is 0 Å². The summed E-state index contributed by atoms with van der Waals surface area (Å²) in [5.41, 5.74) is 1.06. The first-order chi connectivity index (χ1) is 10.4. The van der Waals surface area contributed by atoms with Crippen LogP contribution in [0.2, 0.25) is 0 Å². The first-order valence-corrected chi connectivity index (χ1v) is 6.94. The van der Waals surface area contributed by atoms with Gasteiger partial charge in [0.1, 0.15) is 17.2 Å². The maximum Gasteiger partial charge on any atom is 0.409 e. The third kappa shape index (κ3) is 1.57. The molecule has 0 bridgehead atoms. The van der Waals surface area contributed by atoms with Crippen LogP contribution < -0.4 is 10.2 Å². The highest BCUT2D eigenvalue weighted by Crippen LogP contribution is 2.56. The van der Waals surface area contributed by atoms with Crippen LogP contribution >= 0.6 is 0 Å². The van der Waals surface area contributed by atoms with Crippen molar-refractivity contribution in [2.45, 2.75) is 25.3 Å². The molecule has 114 valence electrons. The fraction of sp³-hybridized carbons (Fsp3) is 0.357. The molecule has 8 heteroatoms. The summed E-state index contributed by atoms with van der Waals surface area (Å²) in [6, 6.07) is 2.54. The molecule has 1 spiro atoms. The Labute approximate surface area is 125 Å². The molecule has 0 atom stereocenters. The van der Waals surface area contributed by atoms with E-state index in [1.54, 1.807) is 11.6 Å². The highest BCUT2D eigenvalue weighted by Gasteiger charge is 2.55. The fourth-order valence-electron chi connectivity index (χ4n) is 3.23. The fourth-order valence-corrected chi connectivity index (χ4v) is 3.23. The van der Waals surface area contributed by atoms with Gasteiger partial charge in [-0.2, -0.15) is 5.10 Å². The highest BCUT2D eigenvalue weighted by atomic mass is 19.1. The number of carboxylic acid groups (broad SMARTS) is 1.